The molecule has 0 unspecified atom stereocenters. The van der Waals surface area contributed by atoms with E-state index < -0.39 is 5.97 Å². The van der Waals surface area contributed by atoms with E-state index in [0.29, 0.717) is 17.4 Å². The fraction of sp³-hybridized carbons (Fsp3) is 0.250. The minimum absolute atomic E-state index is 0.163. The lowest BCUT2D eigenvalue weighted by atomic mass is 9.76. The van der Waals surface area contributed by atoms with Gasteiger partial charge in [0.15, 0.2) is 0 Å². The zero-order chi connectivity index (χ0) is 16.8. The Hall–Kier alpha value is -2.07. The summed E-state index contributed by atoms with van der Waals surface area (Å²) in [4.78, 5) is 11.5. The van der Waals surface area contributed by atoms with Crippen LogP contribution in [-0.4, -0.2) is 11.1 Å². The topological polar surface area (TPSA) is 49.3 Å². The number of halogens is 1. The number of carboxylic acid groups (broad SMARTS) is 1. The van der Waals surface area contributed by atoms with Crippen LogP contribution < -0.4 is 5.32 Å². The van der Waals surface area contributed by atoms with Gasteiger partial charge in [0.1, 0.15) is 0 Å². The standard InChI is InChI=1S/C20H18BrNO2/c1-11-12(20(23)24)9-10-15-13-6-4-7-14(13)19(22-18(11)15)16-5-2-3-8-17(16)21/h2-6,8-10,13-14,19,22H,7H2,1H3,(H,23,24)/t13-,14-,19-/m0/s1. The van der Waals surface area contributed by atoms with Gasteiger partial charge in [-0.2, -0.15) is 0 Å². The number of nitrogens with one attached hydrogen (secondary N) is 1. The molecule has 0 fully saturated rings. The minimum atomic E-state index is -0.876. The second-order valence-electron chi connectivity index (χ2n) is 6.50. The van der Waals surface area contributed by atoms with Crippen molar-refractivity contribution in [1.82, 2.24) is 0 Å². The van der Waals surface area contributed by atoms with Crippen molar-refractivity contribution in [3.05, 3.63) is 75.3 Å². The molecule has 4 heteroatoms. The van der Waals surface area contributed by atoms with Gasteiger partial charge in [-0.25, -0.2) is 4.79 Å². The Morgan fingerprint density at radius 3 is 2.75 bits per heavy atom. The molecule has 0 amide bonds. The Morgan fingerprint density at radius 2 is 2.00 bits per heavy atom. The second-order valence-corrected chi connectivity index (χ2v) is 7.36. The van der Waals surface area contributed by atoms with Gasteiger partial charge in [-0.15, -0.1) is 0 Å². The first-order valence-electron chi connectivity index (χ1n) is 8.12. The molecule has 0 spiro atoms. The van der Waals surface area contributed by atoms with Gasteiger partial charge in [0.2, 0.25) is 0 Å². The third-order valence-electron chi connectivity index (χ3n) is 5.27. The van der Waals surface area contributed by atoms with E-state index in [2.05, 4.69) is 51.6 Å². The lowest BCUT2D eigenvalue weighted by Crippen LogP contribution is -2.30. The van der Waals surface area contributed by atoms with Crippen molar-refractivity contribution < 1.29 is 9.90 Å². The number of rotatable bonds is 2. The van der Waals surface area contributed by atoms with Crippen LogP contribution in [-0.2, 0) is 0 Å². The van der Waals surface area contributed by atoms with Crippen molar-refractivity contribution in [3.63, 3.8) is 0 Å². The molecule has 0 aromatic heterocycles. The number of carbonyl (C=O) groups is 1. The van der Waals surface area contributed by atoms with Crippen LogP contribution in [0.2, 0.25) is 0 Å². The van der Waals surface area contributed by atoms with Gasteiger partial charge in [-0.3, -0.25) is 0 Å². The van der Waals surface area contributed by atoms with E-state index in [1.807, 2.05) is 19.1 Å². The molecule has 24 heavy (non-hydrogen) atoms. The maximum absolute atomic E-state index is 11.5. The Labute approximate surface area is 149 Å². The summed E-state index contributed by atoms with van der Waals surface area (Å²) in [6.07, 6.45) is 5.55. The fourth-order valence-corrected chi connectivity index (χ4v) is 4.61. The summed E-state index contributed by atoms with van der Waals surface area (Å²) in [5.74, 6) is -0.0928. The molecule has 2 aromatic rings. The van der Waals surface area contributed by atoms with E-state index in [4.69, 9.17) is 0 Å². The highest BCUT2D eigenvalue weighted by Gasteiger charge is 2.39. The highest BCUT2D eigenvalue weighted by molar-refractivity contribution is 9.10. The SMILES string of the molecule is Cc1c(C(=O)O)ccc2c1N[C@H](c1ccccc1Br)[C@H]1CC=C[C@H]21. The van der Waals surface area contributed by atoms with Crippen LogP contribution in [0, 0.1) is 12.8 Å². The van der Waals surface area contributed by atoms with E-state index in [9.17, 15) is 9.90 Å². The lowest BCUT2D eigenvalue weighted by molar-refractivity contribution is 0.0696. The summed E-state index contributed by atoms with van der Waals surface area (Å²) in [5.41, 5.74) is 4.59. The Bertz CT molecular complexity index is 859. The minimum Gasteiger partial charge on any atom is -0.478 e. The maximum Gasteiger partial charge on any atom is 0.336 e. The number of anilines is 1. The second kappa shape index (κ2) is 5.78. The van der Waals surface area contributed by atoms with Crippen molar-refractivity contribution in [2.45, 2.75) is 25.3 Å². The predicted octanol–water partition coefficient (Wildman–Crippen LogP) is 5.28. The number of benzene rings is 2. The monoisotopic (exact) mass is 383 g/mol. The Balaban J connectivity index is 1.87. The molecule has 0 saturated heterocycles. The first-order chi connectivity index (χ1) is 11.6. The Kier molecular flexibility index (Phi) is 3.72. The molecule has 1 heterocycles. The predicted molar refractivity (Wildman–Crippen MR) is 98.6 cm³/mol. The highest BCUT2D eigenvalue weighted by Crippen LogP contribution is 2.51. The van der Waals surface area contributed by atoms with Crippen LogP contribution >= 0.6 is 15.9 Å². The highest BCUT2D eigenvalue weighted by atomic mass is 79.9. The molecule has 0 bridgehead atoms. The summed E-state index contributed by atoms with van der Waals surface area (Å²) < 4.78 is 1.09. The number of aromatic carboxylic acids is 1. The van der Waals surface area contributed by atoms with Crippen LogP contribution in [0.3, 0.4) is 0 Å². The molecule has 1 aliphatic heterocycles. The normalized spacial score (nSPS) is 24.2. The summed E-state index contributed by atoms with van der Waals surface area (Å²) in [6, 6.07) is 12.1. The molecule has 1 aliphatic carbocycles. The van der Waals surface area contributed by atoms with Gasteiger partial charge in [-0.05, 0) is 48.1 Å². The largest absolute Gasteiger partial charge is 0.478 e. The van der Waals surface area contributed by atoms with Crippen molar-refractivity contribution in [2.75, 3.05) is 5.32 Å². The first kappa shape index (κ1) is 15.5. The van der Waals surface area contributed by atoms with Crippen LogP contribution in [0.5, 0.6) is 0 Å². The zero-order valence-corrected chi connectivity index (χ0v) is 14.9. The molecule has 0 saturated carbocycles. The lowest BCUT2D eigenvalue weighted by Gasteiger charge is -2.39. The van der Waals surface area contributed by atoms with Gasteiger partial charge in [-0.1, -0.05) is 52.3 Å². The maximum atomic E-state index is 11.5. The summed E-state index contributed by atoms with van der Waals surface area (Å²) in [5, 5.41) is 13.1. The quantitative estimate of drug-likeness (QED) is 0.693. The number of allylic oxidation sites excluding steroid dienone is 2. The first-order valence-corrected chi connectivity index (χ1v) is 8.91. The number of hydrogen-bond acceptors (Lipinski definition) is 2. The van der Waals surface area contributed by atoms with Crippen molar-refractivity contribution in [2.24, 2.45) is 5.92 Å². The van der Waals surface area contributed by atoms with Crippen LogP contribution in [0.1, 0.15) is 45.4 Å². The molecule has 2 aromatic carbocycles. The van der Waals surface area contributed by atoms with E-state index in [0.717, 1.165) is 22.1 Å². The van der Waals surface area contributed by atoms with Crippen molar-refractivity contribution >= 4 is 27.6 Å². The number of fused-ring (bicyclic) bond motifs is 3. The molecule has 2 N–H and O–H groups in total. The van der Waals surface area contributed by atoms with Gasteiger partial charge in [0.05, 0.1) is 11.6 Å². The summed E-state index contributed by atoms with van der Waals surface area (Å²) >= 11 is 3.67. The summed E-state index contributed by atoms with van der Waals surface area (Å²) in [6.45, 7) is 1.89. The van der Waals surface area contributed by atoms with Crippen LogP contribution in [0.25, 0.3) is 0 Å². The molecule has 122 valence electrons. The molecular weight excluding hydrogens is 366 g/mol. The summed E-state index contributed by atoms with van der Waals surface area (Å²) in [7, 11) is 0. The molecular formula is C20H18BrNO2. The Morgan fingerprint density at radius 1 is 1.21 bits per heavy atom. The molecule has 3 nitrogen and oxygen atoms in total. The number of hydrogen-bond donors (Lipinski definition) is 2. The van der Waals surface area contributed by atoms with E-state index in [-0.39, 0.29) is 6.04 Å². The van der Waals surface area contributed by atoms with E-state index >= 15 is 0 Å². The van der Waals surface area contributed by atoms with Gasteiger partial charge in [0, 0.05) is 16.1 Å². The van der Waals surface area contributed by atoms with Crippen LogP contribution in [0.15, 0.2) is 53.0 Å². The average molecular weight is 384 g/mol. The zero-order valence-electron chi connectivity index (χ0n) is 13.3. The van der Waals surface area contributed by atoms with Crippen molar-refractivity contribution in [3.8, 4) is 0 Å². The molecule has 3 atom stereocenters. The fourth-order valence-electron chi connectivity index (χ4n) is 4.08. The average Bonchev–Trinajstić information content (AvgIpc) is 3.05. The van der Waals surface area contributed by atoms with E-state index in [1.165, 1.54) is 11.1 Å². The van der Waals surface area contributed by atoms with E-state index in [1.54, 1.807) is 6.07 Å². The molecule has 0 radical (unpaired) electrons. The third kappa shape index (κ3) is 2.28. The van der Waals surface area contributed by atoms with Gasteiger partial charge in [0.25, 0.3) is 0 Å². The van der Waals surface area contributed by atoms with Gasteiger partial charge < -0.3 is 10.4 Å². The van der Waals surface area contributed by atoms with Gasteiger partial charge >= 0.3 is 5.97 Å². The smallest absolute Gasteiger partial charge is 0.336 e. The molecule has 2 aliphatic rings. The van der Waals surface area contributed by atoms with Crippen LogP contribution in [0.4, 0.5) is 5.69 Å². The van der Waals surface area contributed by atoms with Crippen molar-refractivity contribution in [1.29, 1.82) is 0 Å². The molecule has 4 rings (SSSR count). The number of carboxylic acids is 1. The third-order valence-corrected chi connectivity index (χ3v) is 5.99.